The van der Waals surface area contributed by atoms with Gasteiger partial charge in [0.1, 0.15) is 11.9 Å². The number of benzene rings is 2. The molecule has 0 bridgehead atoms. The van der Waals surface area contributed by atoms with Crippen molar-refractivity contribution in [3.63, 3.8) is 0 Å². The second-order valence-corrected chi connectivity index (χ2v) is 4.63. The average Bonchev–Trinajstić information content (AvgIpc) is 2.47. The van der Waals surface area contributed by atoms with Crippen molar-refractivity contribution in [1.82, 2.24) is 5.32 Å². The van der Waals surface area contributed by atoms with Crippen LogP contribution in [0, 0.1) is 0 Å². The van der Waals surface area contributed by atoms with Gasteiger partial charge in [-0.2, -0.15) is 0 Å². The molecule has 100 valence electrons. The van der Waals surface area contributed by atoms with E-state index >= 15 is 0 Å². The third-order valence-electron chi connectivity index (χ3n) is 2.98. The standard InChI is InChI=1S/C17H21NO/c1-3-18-13-14(2)19-17-11-9-16(10-12-17)15-7-5-4-6-8-15/h4-12,14,18H,3,13H2,1-2H3. The Hall–Kier alpha value is -1.80. The molecule has 2 heteroatoms. The van der Waals surface area contributed by atoms with Gasteiger partial charge in [0.25, 0.3) is 0 Å². The minimum absolute atomic E-state index is 0.183. The first kappa shape index (κ1) is 13.6. The van der Waals surface area contributed by atoms with Gasteiger partial charge in [0.05, 0.1) is 0 Å². The number of hydrogen-bond donors (Lipinski definition) is 1. The maximum absolute atomic E-state index is 5.84. The minimum Gasteiger partial charge on any atom is -0.489 e. The zero-order chi connectivity index (χ0) is 13.5. The Balaban J connectivity index is 1.99. The summed E-state index contributed by atoms with van der Waals surface area (Å²) in [5, 5.41) is 3.28. The smallest absolute Gasteiger partial charge is 0.119 e. The van der Waals surface area contributed by atoms with E-state index in [0.717, 1.165) is 18.8 Å². The normalized spacial score (nSPS) is 12.1. The summed E-state index contributed by atoms with van der Waals surface area (Å²) in [7, 11) is 0. The number of hydrogen-bond acceptors (Lipinski definition) is 2. The lowest BCUT2D eigenvalue weighted by Crippen LogP contribution is -2.28. The summed E-state index contributed by atoms with van der Waals surface area (Å²) in [5.74, 6) is 0.921. The zero-order valence-electron chi connectivity index (χ0n) is 11.6. The Bertz CT molecular complexity index is 478. The largest absolute Gasteiger partial charge is 0.489 e. The quantitative estimate of drug-likeness (QED) is 0.849. The van der Waals surface area contributed by atoms with Gasteiger partial charge in [-0.1, -0.05) is 49.4 Å². The van der Waals surface area contributed by atoms with Crippen molar-refractivity contribution in [2.45, 2.75) is 20.0 Å². The highest BCUT2D eigenvalue weighted by atomic mass is 16.5. The van der Waals surface area contributed by atoms with Gasteiger partial charge in [0, 0.05) is 6.54 Å². The predicted molar refractivity (Wildman–Crippen MR) is 80.5 cm³/mol. The van der Waals surface area contributed by atoms with E-state index in [9.17, 15) is 0 Å². The minimum atomic E-state index is 0.183. The van der Waals surface area contributed by atoms with E-state index in [2.05, 4.69) is 55.6 Å². The van der Waals surface area contributed by atoms with Crippen molar-refractivity contribution >= 4 is 0 Å². The van der Waals surface area contributed by atoms with Crippen molar-refractivity contribution in [2.75, 3.05) is 13.1 Å². The Labute approximate surface area is 115 Å². The van der Waals surface area contributed by atoms with Crippen LogP contribution >= 0.6 is 0 Å². The van der Waals surface area contributed by atoms with Crippen molar-refractivity contribution in [3.05, 3.63) is 54.6 Å². The van der Waals surface area contributed by atoms with Gasteiger partial charge >= 0.3 is 0 Å². The van der Waals surface area contributed by atoms with Crippen molar-refractivity contribution < 1.29 is 4.74 Å². The Morgan fingerprint density at radius 1 is 0.947 bits per heavy atom. The summed E-state index contributed by atoms with van der Waals surface area (Å²) < 4.78 is 5.84. The molecule has 0 saturated carbocycles. The second kappa shape index (κ2) is 6.95. The summed E-state index contributed by atoms with van der Waals surface area (Å²) >= 11 is 0. The zero-order valence-corrected chi connectivity index (χ0v) is 11.6. The summed E-state index contributed by atoms with van der Waals surface area (Å²) in [5.41, 5.74) is 2.45. The van der Waals surface area contributed by atoms with Crippen molar-refractivity contribution in [3.8, 4) is 16.9 Å². The molecule has 0 amide bonds. The number of ether oxygens (including phenoxy) is 1. The fourth-order valence-electron chi connectivity index (χ4n) is 1.98. The predicted octanol–water partition coefficient (Wildman–Crippen LogP) is 3.73. The Kier molecular flexibility index (Phi) is 4.99. The van der Waals surface area contributed by atoms with Gasteiger partial charge in [-0.3, -0.25) is 0 Å². The van der Waals surface area contributed by atoms with Gasteiger partial charge in [0.2, 0.25) is 0 Å². The molecule has 1 N–H and O–H groups in total. The van der Waals surface area contributed by atoms with Crippen LogP contribution in [0.15, 0.2) is 54.6 Å². The van der Waals surface area contributed by atoms with Crippen molar-refractivity contribution in [1.29, 1.82) is 0 Å². The van der Waals surface area contributed by atoms with Gasteiger partial charge < -0.3 is 10.1 Å². The monoisotopic (exact) mass is 255 g/mol. The highest BCUT2D eigenvalue weighted by molar-refractivity contribution is 5.63. The maximum Gasteiger partial charge on any atom is 0.119 e. The molecule has 1 atom stereocenters. The van der Waals surface area contributed by atoms with Crippen molar-refractivity contribution in [2.24, 2.45) is 0 Å². The summed E-state index contributed by atoms with van der Waals surface area (Å²) in [6, 6.07) is 18.6. The van der Waals surface area contributed by atoms with Gasteiger partial charge in [-0.05, 0) is 36.7 Å². The van der Waals surface area contributed by atoms with E-state index in [1.54, 1.807) is 0 Å². The molecule has 0 aliphatic heterocycles. The highest BCUT2D eigenvalue weighted by Gasteiger charge is 2.03. The van der Waals surface area contributed by atoms with E-state index < -0.39 is 0 Å². The third-order valence-corrected chi connectivity index (χ3v) is 2.98. The molecule has 2 rings (SSSR count). The Morgan fingerprint density at radius 2 is 1.58 bits per heavy atom. The molecule has 0 spiro atoms. The molecule has 2 aromatic carbocycles. The first-order chi connectivity index (χ1) is 9.29. The van der Waals surface area contributed by atoms with E-state index in [1.165, 1.54) is 11.1 Å². The molecule has 0 aromatic heterocycles. The lowest BCUT2D eigenvalue weighted by Gasteiger charge is -2.15. The molecular formula is C17H21NO. The lowest BCUT2D eigenvalue weighted by molar-refractivity contribution is 0.218. The van der Waals surface area contributed by atoms with E-state index in [-0.39, 0.29) is 6.10 Å². The molecule has 0 heterocycles. The first-order valence-corrected chi connectivity index (χ1v) is 6.82. The van der Waals surface area contributed by atoms with Crippen LogP contribution < -0.4 is 10.1 Å². The molecule has 2 aromatic rings. The molecule has 0 fully saturated rings. The van der Waals surface area contributed by atoms with Gasteiger partial charge in [-0.25, -0.2) is 0 Å². The fraction of sp³-hybridized carbons (Fsp3) is 0.294. The Morgan fingerprint density at radius 3 is 2.21 bits per heavy atom. The van der Waals surface area contributed by atoms with Crippen LogP contribution in [-0.2, 0) is 0 Å². The number of rotatable bonds is 6. The highest BCUT2D eigenvalue weighted by Crippen LogP contribution is 2.22. The van der Waals surface area contributed by atoms with Gasteiger partial charge in [-0.15, -0.1) is 0 Å². The SMILES string of the molecule is CCNCC(C)Oc1ccc(-c2ccccc2)cc1. The fourth-order valence-corrected chi connectivity index (χ4v) is 1.98. The molecule has 0 saturated heterocycles. The number of nitrogens with one attached hydrogen (secondary N) is 1. The lowest BCUT2D eigenvalue weighted by atomic mass is 10.1. The average molecular weight is 255 g/mol. The topological polar surface area (TPSA) is 21.3 Å². The van der Waals surface area contributed by atoms with Crippen LogP contribution in [0.25, 0.3) is 11.1 Å². The molecule has 0 aliphatic carbocycles. The summed E-state index contributed by atoms with van der Waals surface area (Å²) in [6.45, 7) is 6.02. The molecule has 19 heavy (non-hydrogen) atoms. The van der Waals surface area contributed by atoms with E-state index in [4.69, 9.17) is 4.74 Å². The molecular weight excluding hydrogens is 234 g/mol. The maximum atomic E-state index is 5.84. The first-order valence-electron chi connectivity index (χ1n) is 6.82. The van der Waals surface area contributed by atoms with Crippen LogP contribution in [-0.4, -0.2) is 19.2 Å². The van der Waals surface area contributed by atoms with Crippen LogP contribution in [0.2, 0.25) is 0 Å². The van der Waals surface area contributed by atoms with E-state index in [0.29, 0.717) is 0 Å². The third kappa shape index (κ3) is 4.11. The van der Waals surface area contributed by atoms with Crippen LogP contribution in [0.5, 0.6) is 5.75 Å². The molecule has 0 aliphatic rings. The van der Waals surface area contributed by atoms with Crippen LogP contribution in [0.1, 0.15) is 13.8 Å². The molecule has 0 radical (unpaired) electrons. The summed E-state index contributed by atoms with van der Waals surface area (Å²) in [4.78, 5) is 0. The van der Waals surface area contributed by atoms with Gasteiger partial charge in [0.15, 0.2) is 0 Å². The van der Waals surface area contributed by atoms with Crippen LogP contribution in [0.4, 0.5) is 0 Å². The summed E-state index contributed by atoms with van der Waals surface area (Å²) in [6.07, 6.45) is 0.183. The number of likely N-dealkylation sites (N-methyl/N-ethyl adjacent to an activating group) is 1. The second-order valence-electron chi connectivity index (χ2n) is 4.63. The molecule has 1 unspecified atom stereocenters. The van der Waals surface area contributed by atoms with E-state index in [1.807, 2.05) is 18.2 Å². The van der Waals surface area contributed by atoms with Crippen LogP contribution in [0.3, 0.4) is 0 Å². The molecule has 2 nitrogen and oxygen atoms in total.